The Morgan fingerprint density at radius 3 is 2.10 bits per heavy atom. The van der Waals surface area contributed by atoms with Gasteiger partial charge < -0.3 is 20.6 Å². The first-order valence-corrected chi connectivity index (χ1v) is 7.34. The van der Waals surface area contributed by atoms with Gasteiger partial charge in [-0.25, -0.2) is 0 Å². The molecule has 0 aromatic carbocycles. The van der Waals surface area contributed by atoms with Crippen LogP contribution in [-0.2, 0) is 4.65 Å². The van der Waals surface area contributed by atoms with Crippen LogP contribution in [-0.4, -0.2) is 46.7 Å². The standard InChI is InChI=1S/C15H31BN2O3/c1-13(2,19)8-9-18-11-12(10-17)16(7)21-15(5,6)14(3,4)20/h10-11,19-20H,8-9,17H2,1-7H3. The third-order valence-corrected chi connectivity index (χ3v) is 3.70. The van der Waals surface area contributed by atoms with Crippen molar-refractivity contribution in [3.8, 4) is 0 Å². The lowest BCUT2D eigenvalue weighted by Crippen LogP contribution is -2.50. The van der Waals surface area contributed by atoms with E-state index >= 15 is 0 Å². The molecule has 0 saturated heterocycles. The van der Waals surface area contributed by atoms with Gasteiger partial charge in [-0.15, -0.1) is 0 Å². The fraction of sp³-hybridized carbons (Fsp3) is 0.800. The molecule has 0 spiro atoms. The van der Waals surface area contributed by atoms with Crippen molar-refractivity contribution in [1.29, 1.82) is 0 Å². The van der Waals surface area contributed by atoms with E-state index in [4.69, 9.17) is 10.4 Å². The van der Waals surface area contributed by atoms with Gasteiger partial charge in [0.25, 0.3) is 0 Å². The van der Waals surface area contributed by atoms with Gasteiger partial charge in [0.05, 0.1) is 16.8 Å². The fourth-order valence-electron chi connectivity index (χ4n) is 1.45. The van der Waals surface area contributed by atoms with Crippen molar-refractivity contribution in [3.63, 3.8) is 0 Å². The van der Waals surface area contributed by atoms with E-state index in [0.29, 0.717) is 13.0 Å². The largest absolute Gasteiger partial charge is 0.423 e. The molecule has 0 rings (SSSR count). The van der Waals surface area contributed by atoms with Gasteiger partial charge in [0.15, 0.2) is 0 Å². The normalized spacial score (nSPS) is 14.8. The van der Waals surface area contributed by atoms with Gasteiger partial charge in [0.2, 0.25) is 0 Å². The van der Waals surface area contributed by atoms with E-state index in [1.54, 1.807) is 33.9 Å². The van der Waals surface area contributed by atoms with E-state index in [2.05, 4.69) is 4.99 Å². The van der Waals surface area contributed by atoms with Crippen LogP contribution in [0.25, 0.3) is 0 Å². The molecule has 0 radical (unpaired) electrons. The summed E-state index contributed by atoms with van der Waals surface area (Å²) in [6.45, 7) is 12.7. The molecule has 0 bridgehead atoms. The number of hydrogen-bond acceptors (Lipinski definition) is 5. The van der Waals surface area contributed by atoms with Crippen molar-refractivity contribution < 1.29 is 14.9 Å². The van der Waals surface area contributed by atoms with Crippen LogP contribution in [0.15, 0.2) is 16.7 Å². The number of rotatable bonds is 8. The molecule has 0 saturated carbocycles. The molecule has 0 aliphatic heterocycles. The summed E-state index contributed by atoms with van der Waals surface area (Å²) in [7, 11) is 0. The summed E-state index contributed by atoms with van der Waals surface area (Å²) in [4.78, 5) is 4.27. The third kappa shape index (κ3) is 7.64. The molecule has 0 aliphatic rings. The molecule has 21 heavy (non-hydrogen) atoms. The third-order valence-electron chi connectivity index (χ3n) is 3.70. The van der Waals surface area contributed by atoms with Crippen LogP contribution < -0.4 is 5.73 Å². The second-order valence-electron chi connectivity index (χ2n) is 7.09. The molecule has 0 unspecified atom stereocenters. The summed E-state index contributed by atoms with van der Waals surface area (Å²) >= 11 is 0. The Labute approximate surface area is 129 Å². The molecule has 0 aromatic rings. The molecule has 4 N–H and O–H groups in total. The monoisotopic (exact) mass is 298 g/mol. The molecule has 0 fully saturated rings. The second-order valence-corrected chi connectivity index (χ2v) is 7.09. The Morgan fingerprint density at radius 1 is 1.19 bits per heavy atom. The van der Waals surface area contributed by atoms with Crippen molar-refractivity contribution in [2.45, 2.75) is 71.6 Å². The maximum absolute atomic E-state index is 10.1. The highest BCUT2D eigenvalue weighted by molar-refractivity contribution is 6.64. The minimum atomic E-state index is -0.973. The van der Waals surface area contributed by atoms with E-state index in [0.717, 1.165) is 5.47 Å². The molecule has 122 valence electrons. The average molecular weight is 298 g/mol. The first kappa shape index (κ1) is 20.2. The molecule has 0 heterocycles. The second kappa shape index (κ2) is 7.43. The molecule has 5 nitrogen and oxygen atoms in total. The van der Waals surface area contributed by atoms with Crippen molar-refractivity contribution in [3.05, 3.63) is 11.7 Å². The fourth-order valence-corrected chi connectivity index (χ4v) is 1.45. The van der Waals surface area contributed by atoms with Gasteiger partial charge in [-0.3, -0.25) is 4.99 Å². The van der Waals surface area contributed by atoms with Crippen molar-refractivity contribution >= 4 is 13.1 Å². The van der Waals surface area contributed by atoms with Gasteiger partial charge in [0.1, 0.15) is 0 Å². The van der Waals surface area contributed by atoms with Crippen LogP contribution in [0.4, 0.5) is 0 Å². The number of aliphatic hydroxyl groups is 2. The van der Waals surface area contributed by atoms with Gasteiger partial charge in [-0.1, -0.05) is 6.82 Å². The molecular formula is C15H31BN2O3. The quantitative estimate of drug-likeness (QED) is 0.471. The van der Waals surface area contributed by atoms with Gasteiger partial charge >= 0.3 is 6.92 Å². The first-order valence-electron chi connectivity index (χ1n) is 7.34. The topological polar surface area (TPSA) is 88.1 Å². The van der Waals surface area contributed by atoms with Gasteiger partial charge in [-0.2, -0.15) is 0 Å². The zero-order valence-electron chi connectivity index (χ0n) is 14.5. The van der Waals surface area contributed by atoms with Crippen molar-refractivity contribution in [2.75, 3.05) is 6.54 Å². The highest BCUT2D eigenvalue weighted by Gasteiger charge is 2.38. The smallest absolute Gasteiger partial charge is 0.327 e. The lowest BCUT2D eigenvalue weighted by molar-refractivity contribution is -0.0921. The lowest BCUT2D eigenvalue weighted by Gasteiger charge is -2.39. The number of aliphatic imine (C=N–C) groups is 1. The van der Waals surface area contributed by atoms with E-state index in [1.165, 1.54) is 6.20 Å². The summed E-state index contributed by atoms with van der Waals surface area (Å²) in [5, 5.41) is 19.7. The number of hydrogen-bond donors (Lipinski definition) is 3. The summed E-state index contributed by atoms with van der Waals surface area (Å²) in [5.74, 6) is 0. The van der Waals surface area contributed by atoms with Crippen LogP contribution in [0.1, 0.15) is 48.0 Å². The van der Waals surface area contributed by atoms with Gasteiger partial charge in [0, 0.05) is 12.8 Å². The maximum atomic E-state index is 10.1. The molecule has 0 atom stereocenters. The Morgan fingerprint density at radius 2 is 1.71 bits per heavy atom. The Bertz CT molecular complexity index is 379. The van der Waals surface area contributed by atoms with Crippen LogP contribution in [0.5, 0.6) is 0 Å². The predicted molar refractivity (Wildman–Crippen MR) is 89.6 cm³/mol. The molecular weight excluding hydrogens is 267 g/mol. The highest BCUT2D eigenvalue weighted by atomic mass is 16.5. The summed E-state index contributed by atoms with van der Waals surface area (Å²) in [5.41, 5.74) is 3.94. The Kier molecular flexibility index (Phi) is 7.13. The predicted octanol–water partition coefficient (Wildman–Crippen LogP) is 1.79. The summed E-state index contributed by atoms with van der Waals surface area (Å²) in [6.07, 6.45) is 3.70. The van der Waals surface area contributed by atoms with Crippen molar-refractivity contribution in [1.82, 2.24) is 0 Å². The Hall–Kier alpha value is -0.845. The van der Waals surface area contributed by atoms with Gasteiger partial charge in [-0.05, 0) is 59.6 Å². The van der Waals surface area contributed by atoms with E-state index in [9.17, 15) is 10.2 Å². The minimum Gasteiger partial charge on any atom is -0.423 e. The minimum absolute atomic E-state index is 0.290. The number of nitrogens with two attached hydrogens (primary N) is 1. The number of nitrogens with zero attached hydrogens (tertiary/aromatic N) is 1. The zero-order chi connectivity index (χ0) is 16.9. The molecule has 0 aromatic heterocycles. The number of allylic oxidation sites excluding steroid dienone is 1. The van der Waals surface area contributed by atoms with Crippen LogP contribution >= 0.6 is 0 Å². The highest BCUT2D eigenvalue weighted by Crippen LogP contribution is 2.26. The average Bonchev–Trinajstić information content (AvgIpc) is 2.25. The zero-order valence-corrected chi connectivity index (χ0v) is 14.5. The van der Waals surface area contributed by atoms with Crippen molar-refractivity contribution in [2.24, 2.45) is 10.7 Å². The van der Waals surface area contributed by atoms with Crippen LogP contribution in [0.3, 0.4) is 0 Å². The SMILES string of the molecule is CB(OC(C)(C)C(C)(C)O)C(C=NCCC(C)(C)O)=CN. The maximum Gasteiger partial charge on any atom is 0.327 e. The molecule has 0 amide bonds. The molecule has 6 heteroatoms. The van der Waals surface area contributed by atoms with E-state index in [1.807, 2.05) is 20.7 Å². The van der Waals surface area contributed by atoms with E-state index < -0.39 is 16.8 Å². The van der Waals surface area contributed by atoms with Crippen LogP contribution in [0, 0.1) is 0 Å². The first-order chi connectivity index (χ1) is 9.30. The van der Waals surface area contributed by atoms with E-state index in [-0.39, 0.29) is 6.92 Å². The lowest BCUT2D eigenvalue weighted by atomic mass is 9.62. The molecule has 0 aliphatic carbocycles. The van der Waals surface area contributed by atoms with Crippen LogP contribution in [0.2, 0.25) is 6.82 Å². The summed E-state index contributed by atoms with van der Waals surface area (Å²) < 4.78 is 5.91. The Balaban J connectivity index is 4.66. The summed E-state index contributed by atoms with van der Waals surface area (Å²) in [6, 6.07) is 0.